The summed E-state index contributed by atoms with van der Waals surface area (Å²) < 4.78 is 0. The molecule has 1 unspecified atom stereocenters. The molecule has 3 nitrogen and oxygen atoms in total. The highest BCUT2D eigenvalue weighted by atomic mass is 15.0. The van der Waals surface area contributed by atoms with Crippen LogP contribution in [0.2, 0.25) is 0 Å². The van der Waals surface area contributed by atoms with Gasteiger partial charge < -0.3 is 11.1 Å². The summed E-state index contributed by atoms with van der Waals surface area (Å²) >= 11 is 0. The molecule has 1 aromatic rings. The molecule has 0 amide bonds. The molecule has 2 rings (SSSR count). The predicted octanol–water partition coefficient (Wildman–Crippen LogP) is 3.35. The lowest BCUT2D eigenvalue weighted by Crippen LogP contribution is -2.32. The molecule has 0 radical (unpaired) electrons. The van der Waals surface area contributed by atoms with E-state index in [1.165, 1.54) is 25.7 Å². The molecule has 1 heterocycles. The van der Waals surface area contributed by atoms with Crippen LogP contribution in [-0.2, 0) is 0 Å². The van der Waals surface area contributed by atoms with E-state index in [1.807, 2.05) is 19.1 Å². The van der Waals surface area contributed by atoms with E-state index in [0.717, 1.165) is 17.2 Å². The second-order valence-corrected chi connectivity index (χ2v) is 5.99. The number of hydrogen-bond donors (Lipinski definition) is 2. The molecule has 94 valence electrons. The van der Waals surface area contributed by atoms with Gasteiger partial charge >= 0.3 is 0 Å². The Morgan fingerprint density at radius 1 is 1.41 bits per heavy atom. The molecule has 0 bridgehead atoms. The molecule has 1 fully saturated rings. The van der Waals surface area contributed by atoms with Crippen molar-refractivity contribution < 1.29 is 0 Å². The molecule has 1 aromatic heterocycles. The van der Waals surface area contributed by atoms with E-state index in [2.05, 4.69) is 24.1 Å². The van der Waals surface area contributed by atoms with E-state index < -0.39 is 0 Å². The zero-order chi connectivity index (χ0) is 12.5. The van der Waals surface area contributed by atoms with Crippen LogP contribution in [0.25, 0.3) is 0 Å². The lowest BCUT2D eigenvalue weighted by atomic mass is 9.75. The fourth-order valence-electron chi connectivity index (χ4n) is 2.70. The molecule has 0 spiro atoms. The highest BCUT2D eigenvalue weighted by molar-refractivity contribution is 5.61. The average molecular weight is 233 g/mol. The number of nitrogen functional groups attached to an aromatic ring is 1. The van der Waals surface area contributed by atoms with Gasteiger partial charge in [-0.1, -0.05) is 20.3 Å². The molecule has 17 heavy (non-hydrogen) atoms. The van der Waals surface area contributed by atoms with Gasteiger partial charge in [-0.05, 0) is 43.7 Å². The van der Waals surface area contributed by atoms with Crippen molar-refractivity contribution in [2.45, 2.75) is 52.5 Å². The topological polar surface area (TPSA) is 50.9 Å². The van der Waals surface area contributed by atoms with Gasteiger partial charge in [0.05, 0.1) is 5.69 Å². The maximum absolute atomic E-state index is 5.95. The van der Waals surface area contributed by atoms with Gasteiger partial charge in [0.2, 0.25) is 0 Å². The number of nitrogens with two attached hydrogens (primary N) is 1. The molecule has 0 aliphatic heterocycles. The van der Waals surface area contributed by atoms with Crippen molar-refractivity contribution in [3.63, 3.8) is 0 Å². The second kappa shape index (κ2) is 4.55. The summed E-state index contributed by atoms with van der Waals surface area (Å²) in [5.74, 6) is 0.854. The largest absolute Gasteiger partial charge is 0.396 e. The zero-order valence-corrected chi connectivity index (χ0v) is 11.1. The Morgan fingerprint density at radius 2 is 2.18 bits per heavy atom. The van der Waals surface area contributed by atoms with E-state index in [1.54, 1.807) is 0 Å². The van der Waals surface area contributed by atoms with Crippen molar-refractivity contribution in [3.05, 3.63) is 17.8 Å². The first kappa shape index (κ1) is 12.2. The van der Waals surface area contributed by atoms with E-state index in [4.69, 9.17) is 5.73 Å². The maximum Gasteiger partial charge on any atom is 0.149 e. The molecule has 1 aliphatic rings. The van der Waals surface area contributed by atoms with Crippen LogP contribution in [0.5, 0.6) is 0 Å². The van der Waals surface area contributed by atoms with Crippen LogP contribution in [0, 0.1) is 12.3 Å². The van der Waals surface area contributed by atoms with Crippen molar-refractivity contribution in [3.8, 4) is 0 Å². The number of aromatic nitrogens is 1. The Balaban J connectivity index is 2.07. The standard InChI is InChI=1S/C14H23N3/c1-10-6-7-12(15)13(16-10)17-11-5-4-8-14(2,3)9-11/h6-7,11H,4-5,8-9,15H2,1-3H3,(H,16,17). The van der Waals surface area contributed by atoms with Gasteiger partial charge in [0, 0.05) is 11.7 Å². The summed E-state index contributed by atoms with van der Waals surface area (Å²) in [5, 5.41) is 3.51. The number of anilines is 2. The highest BCUT2D eigenvalue weighted by Crippen LogP contribution is 2.36. The van der Waals surface area contributed by atoms with Crippen molar-refractivity contribution in [2.24, 2.45) is 5.41 Å². The summed E-state index contributed by atoms with van der Waals surface area (Å²) in [7, 11) is 0. The first-order chi connectivity index (χ1) is 7.96. The molecule has 1 atom stereocenters. The van der Waals surface area contributed by atoms with Gasteiger partial charge in [0.1, 0.15) is 5.82 Å². The average Bonchev–Trinajstić information content (AvgIpc) is 2.22. The minimum absolute atomic E-state index is 0.439. The predicted molar refractivity (Wildman–Crippen MR) is 73.0 cm³/mol. The van der Waals surface area contributed by atoms with E-state index in [-0.39, 0.29) is 0 Å². The Labute approximate surface area is 104 Å². The van der Waals surface area contributed by atoms with Gasteiger partial charge in [0.25, 0.3) is 0 Å². The molecule has 1 aliphatic carbocycles. The molecule has 0 aromatic carbocycles. The van der Waals surface area contributed by atoms with Gasteiger partial charge in [-0.3, -0.25) is 0 Å². The number of nitrogens with one attached hydrogen (secondary N) is 1. The number of nitrogens with zero attached hydrogens (tertiary/aromatic N) is 1. The molecular weight excluding hydrogens is 210 g/mol. The normalized spacial score (nSPS) is 23.4. The van der Waals surface area contributed by atoms with Gasteiger partial charge in [0.15, 0.2) is 0 Å². The Kier molecular flexibility index (Phi) is 3.27. The minimum atomic E-state index is 0.439. The van der Waals surface area contributed by atoms with E-state index in [9.17, 15) is 0 Å². The molecule has 3 N–H and O–H groups in total. The monoisotopic (exact) mass is 233 g/mol. The van der Waals surface area contributed by atoms with Gasteiger partial charge in [-0.15, -0.1) is 0 Å². The van der Waals surface area contributed by atoms with Crippen molar-refractivity contribution in [1.29, 1.82) is 0 Å². The van der Waals surface area contributed by atoms with Crippen LogP contribution >= 0.6 is 0 Å². The smallest absolute Gasteiger partial charge is 0.149 e. The maximum atomic E-state index is 5.95. The van der Waals surface area contributed by atoms with Crippen LogP contribution in [0.1, 0.15) is 45.2 Å². The van der Waals surface area contributed by atoms with Crippen LogP contribution in [0.4, 0.5) is 11.5 Å². The minimum Gasteiger partial charge on any atom is -0.396 e. The number of aryl methyl sites for hydroxylation is 1. The lowest BCUT2D eigenvalue weighted by Gasteiger charge is -2.36. The van der Waals surface area contributed by atoms with E-state index in [0.29, 0.717) is 11.5 Å². The summed E-state index contributed by atoms with van der Waals surface area (Å²) in [6.07, 6.45) is 5.03. The SMILES string of the molecule is Cc1ccc(N)c(NC2CCCC(C)(C)C2)n1. The van der Waals surface area contributed by atoms with Crippen molar-refractivity contribution >= 4 is 11.5 Å². The third-order valence-electron chi connectivity index (χ3n) is 3.61. The summed E-state index contributed by atoms with van der Waals surface area (Å²) in [5.41, 5.74) is 8.15. The quantitative estimate of drug-likeness (QED) is 0.823. The summed E-state index contributed by atoms with van der Waals surface area (Å²) in [6.45, 7) is 6.68. The molecular formula is C14H23N3. The van der Waals surface area contributed by atoms with Crippen molar-refractivity contribution in [2.75, 3.05) is 11.1 Å². The number of rotatable bonds is 2. The first-order valence-electron chi connectivity index (χ1n) is 6.46. The second-order valence-electron chi connectivity index (χ2n) is 5.99. The van der Waals surface area contributed by atoms with E-state index >= 15 is 0 Å². The highest BCUT2D eigenvalue weighted by Gasteiger charge is 2.28. The number of pyridine rings is 1. The molecule has 1 saturated carbocycles. The zero-order valence-electron chi connectivity index (χ0n) is 11.1. The fraction of sp³-hybridized carbons (Fsp3) is 0.643. The number of hydrogen-bond acceptors (Lipinski definition) is 3. The van der Waals surface area contributed by atoms with Crippen LogP contribution in [-0.4, -0.2) is 11.0 Å². The third kappa shape index (κ3) is 3.11. The van der Waals surface area contributed by atoms with Crippen molar-refractivity contribution in [1.82, 2.24) is 4.98 Å². The Hall–Kier alpha value is -1.25. The first-order valence-corrected chi connectivity index (χ1v) is 6.46. The van der Waals surface area contributed by atoms with Crippen LogP contribution in [0.3, 0.4) is 0 Å². The molecule has 0 saturated heterocycles. The molecule has 3 heteroatoms. The Bertz CT molecular complexity index is 398. The van der Waals surface area contributed by atoms with Crippen LogP contribution < -0.4 is 11.1 Å². The van der Waals surface area contributed by atoms with Gasteiger partial charge in [-0.25, -0.2) is 4.98 Å². The fourth-order valence-corrected chi connectivity index (χ4v) is 2.70. The lowest BCUT2D eigenvalue weighted by molar-refractivity contribution is 0.229. The Morgan fingerprint density at radius 3 is 2.88 bits per heavy atom. The summed E-state index contributed by atoms with van der Waals surface area (Å²) in [6, 6.07) is 4.39. The third-order valence-corrected chi connectivity index (χ3v) is 3.61. The van der Waals surface area contributed by atoms with Gasteiger partial charge in [-0.2, -0.15) is 0 Å². The van der Waals surface area contributed by atoms with Crippen LogP contribution in [0.15, 0.2) is 12.1 Å². The summed E-state index contributed by atoms with van der Waals surface area (Å²) in [4.78, 5) is 4.48.